The monoisotopic (exact) mass is 292 g/mol. The van der Waals surface area contributed by atoms with E-state index in [1.807, 2.05) is 13.0 Å². The van der Waals surface area contributed by atoms with E-state index in [-0.39, 0.29) is 23.8 Å². The predicted molar refractivity (Wildman–Crippen MR) is 81.8 cm³/mol. The van der Waals surface area contributed by atoms with Crippen LogP contribution >= 0.6 is 0 Å². The number of benzene rings is 1. The maximum Gasteiger partial charge on any atom is 0.251 e. The minimum Gasteiger partial charge on any atom is -0.393 e. The van der Waals surface area contributed by atoms with Crippen LogP contribution < -0.4 is 10.6 Å². The first-order valence-electron chi connectivity index (χ1n) is 7.21. The van der Waals surface area contributed by atoms with Crippen LogP contribution in [0.2, 0.25) is 0 Å². The summed E-state index contributed by atoms with van der Waals surface area (Å²) in [5.74, 6) is -0.307. The van der Waals surface area contributed by atoms with E-state index in [9.17, 15) is 14.7 Å². The molecule has 0 bridgehead atoms. The van der Waals surface area contributed by atoms with Crippen LogP contribution in [0.3, 0.4) is 0 Å². The van der Waals surface area contributed by atoms with Crippen molar-refractivity contribution in [3.05, 3.63) is 35.9 Å². The van der Waals surface area contributed by atoms with E-state index in [0.717, 1.165) is 0 Å². The van der Waals surface area contributed by atoms with E-state index in [2.05, 4.69) is 10.6 Å². The molecule has 0 heterocycles. The number of amides is 2. The molecule has 2 amide bonds. The standard InChI is InChI=1S/C16H24N2O3/c1-11(9-12(2)19)10-17-15(20)13(3)18-16(21)14-7-5-4-6-8-14/h4-8,11-13,19H,9-10H2,1-3H3,(H,17,20)(H,18,21). The first kappa shape index (κ1) is 17.2. The summed E-state index contributed by atoms with van der Waals surface area (Å²) in [6.07, 6.45) is 0.248. The average molecular weight is 292 g/mol. The number of rotatable bonds is 7. The van der Waals surface area contributed by atoms with E-state index >= 15 is 0 Å². The van der Waals surface area contributed by atoms with E-state index in [0.29, 0.717) is 18.5 Å². The number of nitrogens with one attached hydrogen (secondary N) is 2. The maximum absolute atomic E-state index is 11.9. The van der Waals surface area contributed by atoms with Crippen molar-refractivity contribution in [1.29, 1.82) is 0 Å². The summed E-state index contributed by atoms with van der Waals surface area (Å²) in [6, 6.07) is 8.18. The first-order chi connectivity index (χ1) is 9.90. The molecule has 3 N–H and O–H groups in total. The van der Waals surface area contributed by atoms with Crippen LogP contribution in [0.4, 0.5) is 0 Å². The Labute approximate surface area is 125 Å². The van der Waals surface area contributed by atoms with Gasteiger partial charge in [0.2, 0.25) is 5.91 Å². The molecule has 0 radical (unpaired) electrons. The Kier molecular flexibility index (Phi) is 6.88. The maximum atomic E-state index is 11.9. The number of hydrogen-bond acceptors (Lipinski definition) is 3. The second-order valence-corrected chi connectivity index (χ2v) is 5.50. The molecule has 3 unspecified atom stereocenters. The molecule has 1 aromatic rings. The molecule has 116 valence electrons. The van der Waals surface area contributed by atoms with Gasteiger partial charge in [0, 0.05) is 12.1 Å². The Morgan fingerprint density at radius 1 is 1.14 bits per heavy atom. The Hall–Kier alpha value is -1.88. The van der Waals surface area contributed by atoms with E-state index < -0.39 is 6.04 Å². The van der Waals surface area contributed by atoms with Gasteiger partial charge >= 0.3 is 0 Å². The van der Waals surface area contributed by atoms with Crippen LogP contribution in [0, 0.1) is 5.92 Å². The Morgan fingerprint density at radius 2 is 1.76 bits per heavy atom. The third-order valence-corrected chi connectivity index (χ3v) is 3.15. The lowest BCUT2D eigenvalue weighted by Gasteiger charge is -2.17. The molecule has 3 atom stereocenters. The number of carbonyl (C=O) groups excluding carboxylic acids is 2. The molecule has 0 aliphatic heterocycles. The van der Waals surface area contributed by atoms with Gasteiger partial charge in [-0.15, -0.1) is 0 Å². The highest BCUT2D eigenvalue weighted by Crippen LogP contribution is 2.04. The van der Waals surface area contributed by atoms with Crippen LogP contribution in [-0.4, -0.2) is 35.6 Å². The van der Waals surface area contributed by atoms with Crippen molar-refractivity contribution in [2.45, 2.75) is 39.3 Å². The Morgan fingerprint density at radius 3 is 2.33 bits per heavy atom. The molecular formula is C16H24N2O3. The van der Waals surface area contributed by atoms with Gasteiger partial charge in [-0.05, 0) is 38.3 Å². The van der Waals surface area contributed by atoms with Gasteiger partial charge in [0.05, 0.1) is 6.10 Å². The lowest BCUT2D eigenvalue weighted by Crippen LogP contribution is -2.45. The predicted octanol–water partition coefficient (Wildman–Crippen LogP) is 1.33. The van der Waals surface area contributed by atoms with Crippen molar-refractivity contribution >= 4 is 11.8 Å². The third kappa shape index (κ3) is 6.40. The lowest BCUT2D eigenvalue weighted by molar-refractivity contribution is -0.122. The molecule has 0 aliphatic rings. The van der Waals surface area contributed by atoms with Crippen molar-refractivity contribution in [3.63, 3.8) is 0 Å². The van der Waals surface area contributed by atoms with Gasteiger partial charge in [0.1, 0.15) is 6.04 Å². The van der Waals surface area contributed by atoms with Gasteiger partial charge in [-0.1, -0.05) is 25.1 Å². The molecule has 0 aromatic heterocycles. The summed E-state index contributed by atoms with van der Waals surface area (Å²) in [5.41, 5.74) is 0.527. The fraction of sp³-hybridized carbons (Fsp3) is 0.500. The minimum absolute atomic E-state index is 0.186. The zero-order valence-electron chi connectivity index (χ0n) is 12.8. The van der Waals surface area contributed by atoms with E-state index in [1.165, 1.54) is 0 Å². The summed E-state index contributed by atoms with van der Waals surface area (Å²) in [7, 11) is 0. The van der Waals surface area contributed by atoms with Crippen LogP contribution in [0.25, 0.3) is 0 Å². The number of aliphatic hydroxyl groups excluding tert-OH is 1. The number of hydrogen-bond donors (Lipinski definition) is 3. The highest BCUT2D eigenvalue weighted by Gasteiger charge is 2.17. The molecule has 0 saturated carbocycles. The second kappa shape index (κ2) is 8.42. The second-order valence-electron chi connectivity index (χ2n) is 5.50. The summed E-state index contributed by atoms with van der Waals surface area (Å²) >= 11 is 0. The van der Waals surface area contributed by atoms with Crippen LogP contribution in [-0.2, 0) is 4.79 Å². The minimum atomic E-state index is -0.601. The fourth-order valence-corrected chi connectivity index (χ4v) is 2.03. The molecule has 0 fully saturated rings. The number of carbonyl (C=O) groups is 2. The zero-order valence-corrected chi connectivity index (χ0v) is 12.8. The fourth-order valence-electron chi connectivity index (χ4n) is 2.03. The molecule has 5 heteroatoms. The molecular weight excluding hydrogens is 268 g/mol. The molecule has 1 aromatic carbocycles. The normalized spacial score (nSPS) is 14.9. The lowest BCUT2D eigenvalue weighted by atomic mass is 10.0. The quantitative estimate of drug-likeness (QED) is 0.709. The number of aliphatic hydroxyl groups is 1. The van der Waals surface area contributed by atoms with Crippen molar-refractivity contribution < 1.29 is 14.7 Å². The molecule has 0 saturated heterocycles. The summed E-state index contributed by atoms with van der Waals surface area (Å²) in [4.78, 5) is 23.8. The van der Waals surface area contributed by atoms with Gasteiger partial charge in [0.25, 0.3) is 5.91 Å². The highest BCUT2D eigenvalue weighted by atomic mass is 16.3. The average Bonchev–Trinajstić information content (AvgIpc) is 2.44. The van der Waals surface area contributed by atoms with Crippen molar-refractivity contribution in [3.8, 4) is 0 Å². The van der Waals surface area contributed by atoms with Crippen LogP contribution in [0.15, 0.2) is 30.3 Å². The van der Waals surface area contributed by atoms with Gasteiger partial charge in [-0.25, -0.2) is 0 Å². The molecule has 1 rings (SSSR count). The summed E-state index contributed by atoms with van der Waals surface area (Å²) in [5, 5.41) is 14.7. The zero-order chi connectivity index (χ0) is 15.8. The highest BCUT2D eigenvalue weighted by molar-refractivity contribution is 5.97. The first-order valence-corrected chi connectivity index (χ1v) is 7.21. The molecule has 0 aliphatic carbocycles. The molecule has 21 heavy (non-hydrogen) atoms. The van der Waals surface area contributed by atoms with Crippen molar-refractivity contribution in [1.82, 2.24) is 10.6 Å². The van der Waals surface area contributed by atoms with Gasteiger partial charge in [-0.3, -0.25) is 9.59 Å². The largest absolute Gasteiger partial charge is 0.393 e. The topological polar surface area (TPSA) is 78.4 Å². The Balaban J connectivity index is 2.39. The SMILES string of the molecule is CC(O)CC(C)CNC(=O)C(C)NC(=O)c1ccccc1. The third-order valence-electron chi connectivity index (χ3n) is 3.15. The van der Waals surface area contributed by atoms with Crippen molar-refractivity contribution in [2.75, 3.05) is 6.54 Å². The van der Waals surface area contributed by atoms with Gasteiger partial charge < -0.3 is 15.7 Å². The van der Waals surface area contributed by atoms with Gasteiger partial charge in [-0.2, -0.15) is 0 Å². The summed E-state index contributed by atoms with van der Waals surface area (Å²) < 4.78 is 0. The van der Waals surface area contributed by atoms with E-state index in [4.69, 9.17) is 0 Å². The molecule has 5 nitrogen and oxygen atoms in total. The molecule has 0 spiro atoms. The summed E-state index contributed by atoms with van der Waals surface area (Å²) in [6.45, 7) is 5.81. The van der Waals surface area contributed by atoms with E-state index in [1.54, 1.807) is 38.1 Å². The Bertz CT molecular complexity index is 460. The van der Waals surface area contributed by atoms with Gasteiger partial charge in [0.15, 0.2) is 0 Å². The van der Waals surface area contributed by atoms with Crippen LogP contribution in [0.1, 0.15) is 37.6 Å². The smallest absolute Gasteiger partial charge is 0.251 e. The van der Waals surface area contributed by atoms with Crippen molar-refractivity contribution in [2.24, 2.45) is 5.92 Å². The van der Waals surface area contributed by atoms with Crippen LogP contribution in [0.5, 0.6) is 0 Å².